The third kappa shape index (κ3) is 6.02. The van der Waals surface area contributed by atoms with E-state index in [0.29, 0.717) is 15.2 Å². The summed E-state index contributed by atoms with van der Waals surface area (Å²) in [5.41, 5.74) is 2.55. The largest absolute Gasteiger partial charge is 0.299 e. The van der Waals surface area contributed by atoms with E-state index in [2.05, 4.69) is 15.5 Å². The first kappa shape index (κ1) is 23.9. The molecule has 0 fully saturated rings. The molecule has 0 aliphatic heterocycles. The molecule has 4 rings (SSSR count). The number of thioether (sulfide) groups is 1. The van der Waals surface area contributed by atoms with E-state index in [1.807, 2.05) is 49.4 Å². The van der Waals surface area contributed by atoms with E-state index < -0.39 is 22.5 Å². The van der Waals surface area contributed by atoms with Gasteiger partial charge in [0, 0.05) is 5.75 Å². The van der Waals surface area contributed by atoms with E-state index >= 15 is 0 Å². The van der Waals surface area contributed by atoms with Crippen molar-refractivity contribution in [2.45, 2.75) is 21.9 Å². The van der Waals surface area contributed by atoms with Gasteiger partial charge < -0.3 is 0 Å². The smallest absolute Gasteiger partial charge is 0.264 e. The fourth-order valence-corrected chi connectivity index (χ4v) is 6.24. The highest BCUT2D eigenvalue weighted by Gasteiger charge is 2.27. The van der Waals surface area contributed by atoms with Crippen molar-refractivity contribution in [3.8, 4) is 0 Å². The number of sulfonamides is 1. The monoisotopic (exact) mass is 510 g/mol. The summed E-state index contributed by atoms with van der Waals surface area (Å²) in [6.45, 7) is 1.52. The zero-order valence-corrected chi connectivity index (χ0v) is 20.7. The third-order valence-electron chi connectivity index (χ3n) is 4.80. The molecule has 10 heteroatoms. The predicted molar refractivity (Wildman–Crippen MR) is 137 cm³/mol. The van der Waals surface area contributed by atoms with Crippen molar-refractivity contribution >= 4 is 49.8 Å². The molecule has 1 heterocycles. The first-order chi connectivity index (χ1) is 16.4. The minimum atomic E-state index is -3.95. The standard InChI is InChI=1S/C24H22N4O3S3/c1-18-12-14-20(15-13-18)28(34(30,31)21-10-6-3-7-11-21)16-22(29)25-23-26-27-24(33-23)32-17-19-8-4-2-5-9-19/h2-15H,16-17H2,1H3,(H,25,26,29). The molecule has 0 saturated heterocycles. The van der Waals surface area contributed by atoms with Gasteiger partial charge >= 0.3 is 0 Å². The van der Waals surface area contributed by atoms with Crippen LogP contribution in [0.4, 0.5) is 10.8 Å². The number of hydrogen-bond donors (Lipinski definition) is 1. The van der Waals surface area contributed by atoms with E-state index in [0.717, 1.165) is 21.2 Å². The maximum absolute atomic E-state index is 13.3. The number of benzene rings is 3. The summed E-state index contributed by atoms with van der Waals surface area (Å²) in [5, 5.41) is 11.1. The van der Waals surface area contributed by atoms with Crippen LogP contribution in [0.2, 0.25) is 0 Å². The van der Waals surface area contributed by atoms with Crippen LogP contribution in [0.5, 0.6) is 0 Å². The lowest BCUT2D eigenvalue weighted by Gasteiger charge is -2.24. The maximum atomic E-state index is 13.3. The third-order valence-corrected chi connectivity index (χ3v) is 8.63. The minimum absolute atomic E-state index is 0.110. The Kier molecular flexibility index (Phi) is 7.61. The number of aromatic nitrogens is 2. The lowest BCUT2D eigenvalue weighted by atomic mass is 10.2. The van der Waals surface area contributed by atoms with Gasteiger partial charge in [-0.15, -0.1) is 10.2 Å². The van der Waals surface area contributed by atoms with Crippen molar-refractivity contribution in [2.75, 3.05) is 16.2 Å². The second-order valence-corrected chi connectivity index (χ2v) is 11.4. The highest BCUT2D eigenvalue weighted by Crippen LogP contribution is 2.29. The Morgan fingerprint density at radius 2 is 1.59 bits per heavy atom. The van der Waals surface area contributed by atoms with Crippen molar-refractivity contribution in [1.29, 1.82) is 0 Å². The maximum Gasteiger partial charge on any atom is 0.264 e. The highest BCUT2D eigenvalue weighted by molar-refractivity contribution is 8.00. The summed E-state index contributed by atoms with van der Waals surface area (Å²) >= 11 is 2.77. The molecule has 1 aromatic heterocycles. The van der Waals surface area contributed by atoms with Gasteiger partial charge in [0.05, 0.1) is 10.6 Å². The molecule has 0 aliphatic rings. The molecule has 0 radical (unpaired) electrons. The molecule has 0 unspecified atom stereocenters. The molecule has 0 bridgehead atoms. The van der Waals surface area contributed by atoms with Crippen molar-refractivity contribution in [1.82, 2.24) is 10.2 Å². The average molecular weight is 511 g/mol. The van der Waals surface area contributed by atoms with E-state index in [-0.39, 0.29) is 4.90 Å². The van der Waals surface area contributed by atoms with Gasteiger partial charge in [-0.3, -0.25) is 14.4 Å². The molecular weight excluding hydrogens is 488 g/mol. The summed E-state index contributed by atoms with van der Waals surface area (Å²) in [6.07, 6.45) is 0. The van der Waals surface area contributed by atoms with Crippen LogP contribution in [0.1, 0.15) is 11.1 Å². The van der Waals surface area contributed by atoms with Gasteiger partial charge in [-0.1, -0.05) is 89.3 Å². The number of anilines is 2. The Balaban J connectivity index is 1.48. The normalized spacial score (nSPS) is 11.2. The number of nitrogens with zero attached hydrogens (tertiary/aromatic N) is 3. The van der Waals surface area contributed by atoms with Crippen LogP contribution in [0.15, 0.2) is 94.2 Å². The topological polar surface area (TPSA) is 92.3 Å². The van der Waals surface area contributed by atoms with Crippen LogP contribution in [-0.4, -0.2) is 31.1 Å². The first-order valence-corrected chi connectivity index (χ1v) is 13.6. The van der Waals surface area contributed by atoms with Gasteiger partial charge in [0.15, 0.2) is 4.34 Å². The zero-order valence-electron chi connectivity index (χ0n) is 18.3. The second-order valence-electron chi connectivity index (χ2n) is 7.36. The number of aryl methyl sites for hydroxylation is 1. The van der Waals surface area contributed by atoms with Gasteiger partial charge in [-0.25, -0.2) is 8.42 Å². The molecule has 0 spiro atoms. The van der Waals surface area contributed by atoms with Crippen molar-refractivity contribution in [3.05, 3.63) is 96.1 Å². The molecule has 0 saturated carbocycles. The summed E-state index contributed by atoms with van der Waals surface area (Å²) in [4.78, 5) is 13.0. The van der Waals surface area contributed by atoms with Crippen LogP contribution < -0.4 is 9.62 Å². The van der Waals surface area contributed by atoms with Crippen LogP contribution >= 0.6 is 23.1 Å². The summed E-state index contributed by atoms with van der Waals surface area (Å²) < 4.78 is 28.5. The second kappa shape index (κ2) is 10.8. The predicted octanol–water partition coefficient (Wildman–Crippen LogP) is 4.97. The van der Waals surface area contributed by atoms with Crippen molar-refractivity contribution in [2.24, 2.45) is 0 Å². The summed E-state index contributed by atoms with van der Waals surface area (Å²) in [6, 6.07) is 25.0. The fraction of sp³-hybridized carbons (Fsp3) is 0.125. The first-order valence-electron chi connectivity index (χ1n) is 10.4. The number of carbonyl (C=O) groups excluding carboxylic acids is 1. The number of nitrogens with one attached hydrogen (secondary N) is 1. The van der Waals surface area contributed by atoms with E-state index in [1.165, 1.54) is 35.2 Å². The van der Waals surface area contributed by atoms with Gasteiger partial charge in [0.2, 0.25) is 11.0 Å². The van der Waals surface area contributed by atoms with Crippen LogP contribution in [-0.2, 0) is 20.6 Å². The molecule has 1 amide bonds. The van der Waals surface area contributed by atoms with E-state index in [9.17, 15) is 13.2 Å². The van der Waals surface area contributed by atoms with E-state index in [4.69, 9.17) is 0 Å². The van der Waals surface area contributed by atoms with Crippen molar-refractivity contribution < 1.29 is 13.2 Å². The van der Waals surface area contributed by atoms with Crippen LogP contribution in [0.3, 0.4) is 0 Å². The van der Waals surface area contributed by atoms with Gasteiger partial charge in [0.1, 0.15) is 6.54 Å². The molecular formula is C24H22N4O3S3. The quantitative estimate of drug-likeness (QED) is 0.252. The Labute approximate surface area is 206 Å². The van der Waals surface area contributed by atoms with Gasteiger partial charge in [-0.2, -0.15) is 0 Å². The molecule has 4 aromatic rings. The molecule has 1 N–H and O–H groups in total. The highest BCUT2D eigenvalue weighted by atomic mass is 32.2. The molecule has 3 aromatic carbocycles. The SMILES string of the molecule is Cc1ccc(N(CC(=O)Nc2nnc(SCc3ccccc3)s2)S(=O)(=O)c2ccccc2)cc1. The van der Waals surface area contributed by atoms with Crippen molar-refractivity contribution in [3.63, 3.8) is 0 Å². The van der Waals surface area contributed by atoms with E-state index in [1.54, 1.807) is 30.3 Å². The number of rotatable bonds is 9. The lowest BCUT2D eigenvalue weighted by molar-refractivity contribution is -0.114. The Morgan fingerprint density at radius 3 is 2.26 bits per heavy atom. The molecule has 34 heavy (non-hydrogen) atoms. The Morgan fingerprint density at radius 1 is 0.941 bits per heavy atom. The number of carbonyl (C=O) groups is 1. The number of amides is 1. The Bertz CT molecular complexity index is 1340. The minimum Gasteiger partial charge on any atom is -0.299 e. The zero-order chi connectivity index (χ0) is 24.0. The summed E-state index contributed by atoms with van der Waals surface area (Å²) in [5.74, 6) is 0.232. The van der Waals surface area contributed by atoms with Gasteiger partial charge in [-0.05, 0) is 36.8 Å². The van der Waals surface area contributed by atoms with Crippen LogP contribution in [0.25, 0.3) is 0 Å². The molecule has 174 valence electrons. The molecule has 0 aliphatic carbocycles. The fourth-order valence-electron chi connectivity index (χ4n) is 3.07. The molecule has 7 nitrogen and oxygen atoms in total. The Hall–Kier alpha value is -3.21. The number of hydrogen-bond acceptors (Lipinski definition) is 7. The summed E-state index contributed by atoms with van der Waals surface area (Å²) in [7, 11) is -3.95. The lowest BCUT2D eigenvalue weighted by Crippen LogP contribution is -2.38. The molecule has 0 atom stereocenters. The average Bonchev–Trinajstić information content (AvgIpc) is 3.30. The van der Waals surface area contributed by atoms with Crippen LogP contribution in [0, 0.1) is 6.92 Å². The van der Waals surface area contributed by atoms with Gasteiger partial charge in [0.25, 0.3) is 10.0 Å².